The molecule has 0 atom stereocenters. The molecule has 0 spiro atoms. The van der Waals surface area contributed by atoms with Crippen molar-refractivity contribution < 1.29 is 9.47 Å². The number of hydrogen-bond donors (Lipinski definition) is 2. The van der Waals surface area contributed by atoms with E-state index in [9.17, 15) is 0 Å². The van der Waals surface area contributed by atoms with Crippen molar-refractivity contribution in [1.82, 2.24) is 0 Å². The molecule has 0 amide bonds. The molecule has 2 aromatic rings. The number of nitrogens with one attached hydrogen (secondary N) is 2. The van der Waals surface area contributed by atoms with Gasteiger partial charge >= 0.3 is 0 Å². The molecule has 0 saturated carbocycles. The predicted octanol–water partition coefficient (Wildman–Crippen LogP) is 4.37. The molecule has 2 N–H and O–H groups in total. The van der Waals surface area contributed by atoms with Crippen LogP contribution in [0.3, 0.4) is 0 Å². The van der Waals surface area contributed by atoms with Crippen LogP contribution in [0.15, 0.2) is 54.6 Å². The quantitative estimate of drug-likeness (QED) is 0.773. The van der Waals surface area contributed by atoms with Crippen LogP contribution >= 0.6 is 11.6 Å². The molecule has 0 heterocycles. The lowest BCUT2D eigenvalue weighted by atomic mass is 9.95. The number of allylic oxidation sites excluding steroid dienone is 2. The van der Waals surface area contributed by atoms with Crippen LogP contribution in [0.5, 0.6) is 11.5 Å². The Bertz CT molecular complexity index is 735. The summed E-state index contributed by atoms with van der Waals surface area (Å²) in [6.07, 6.45) is 1.47. The Kier molecular flexibility index (Phi) is 5.55. The number of ether oxygens (including phenoxy) is 2. The van der Waals surface area contributed by atoms with Gasteiger partial charge in [0.2, 0.25) is 0 Å². The minimum atomic E-state index is -0.130. The molecule has 0 unspecified atom stereocenters. The predicted molar refractivity (Wildman–Crippen MR) is 94.4 cm³/mol. The molecule has 2 aromatic carbocycles. The Hall–Kier alpha value is -2.59. The summed E-state index contributed by atoms with van der Waals surface area (Å²) in [6, 6.07) is 14.5. The fourth-order valence-corrected chi connectivity index (χ4v) is 2.22. The lowest BCUT2D eigenvalue weighted by molar-refractivity contribution is 0.414. The molecule has 23 heavy (non-hydrogen) atoms. The van der Waals surface area contributed by atoms with Crippen LogP contribution in [0.4, 0.5) is 0 Å². The lowest BCUT2D eigenvalue weighted by Crippen LogP contribution is -2.04. The van der Waals surface area contributed by atoms with Gasteiger partial charge in [-0.25, -0.2) is 0 Å². The molecule has 0 fully saturated rings. The Labute approximate surface area is 140 Å². The van der Waals surface area contributed by atoms with Gasteiger partial charge in [-0.3, -0.25) is 10.8 Å². The van der Waals surface area contributed by atoms with Crippen LogP contribution in [-0.2, 0) is 0 Å². The number of rotatable bonds is 6. The fraction of sp³-hybridized carbons (Fsp3) is 0.111. The van der Waals surface area contributed by atoms with E-state index in [4.69, 9.17) is 31.9 Å². The van der Waals surface area contributed by atoms with E-state index in [0.29, 0.717) is 11.1 Å². The molecular weight excluding hydrogens is 312 g/mol. The van der Waals surface area contributed by atoms with Gasteiger partial charge in [0.25, 0.3) is 0 Å². The van der Waals surface area contributed by atoms with E-state index in [-0.39, 0.29) is 10.9 Å². The second-order valence-electron chi connectivity index (χ2n) is 4.74. The molecule has 0 aliphatic rings. The average molecular weight is 329 g/mol. The second-order valence-corrected chi connectivity index (χ2v) is 5.15. The van der Waals surface area contributed by atoms with Crippen LogP contribution in [0.25, 0.3) is 5.57 Å². The zero-order valence-electron chi connectivity index (χ0n) is 12.9. The van der Waals surface area contributed by atoms with Gasteiger partial charge < -0.3 is 9.47 Å². The van der Waals surface area contributed by atoms with E-state index in [0.717, 1.165) is 17.1 Å². The molecule has 2 rings (SSSR count). The van der Waals surface area contributed by atoms with Gasteiger partial charge in [0, 0.05) is 11.1 Å². The zero-order chi connectivity index (χ0) is 16.8. The highest BCUT2D eigenvalue weighted by Gasteiger charge is 2.12. The molecule has 0 aliphatic carbocycles. The Balaban J connectivity index is 2.40. The van der Waals surface area contributed by atoms with Crippen molar-refractivity contribution in [2.75, 3.05) is 14.2 Å². The van der Waals surface area contributed by atoms with E-state index in [2.05, 4.69) is 0 Å². The van der Waals surface area contributed by atoms with Crippen LogP contribution in [0, 0.1) is 10.8 Å². The molecule has 5 heteroatoms. The maximum absolute atomic E-state index is 8.45. The third kappa shape index (κ3) is 4.20. The average Bonchev–Trinajstić information content (AvgIpc) is 2.59. The Morgan fingerprint density at radius 1 is 0.826 bits per heavy atom. The van der Waals surface area contributed by atoms with Gasteiger partial charge in [0.05, 0.1) is 19.9 Å². The van der Waals surface area contributed by atoms with Crippen molar-refractivity contribution in [2.45, 2.75) is 0 Å². The summed E-state index contributed by atoms with van der Waals surface area (Å²) in [5.74, 6) is 1.45. The highest BCUT2D eigenvalue weighted by molar-refractivity contribution is 6.68. The summed E-state index contributed by atoms with van der Waals surface area (Å²) in [4.78, 5) is 0. The van der Waals surface area contributed by atoms with Crippen molar-refractivity contribution in [3.63, 3.8) is 0 Å². The highest BCUT2D eigenvalue weighted by Crippen LogP contribution is 2.24. The number of hydrogen-bond acceptors (Lipinski definition) is 4. The topological polar surface area (TPSA) is 66.2 Å². The smallest absolute Gasteiger partial charge is 0.121 e. The Morgan fingerprint density at radius 3 is 1.65 bits per heavy atom. The molecule has 4 nitrogen and oxygen atoms in total. The first kappa shape index (κ1) is 16.8. The minimum absolute atomic E-state index is 0.130. The second kappa shape index (κ2) is 7.61. The standard InChI is InChI=1S/C18H17ClN2O2/c1-22-14-7-3-12(4-8-14)16(11-17(19)20)18(21)13-5-9-15(23-2)10-6-13/h3-11,20-21H,1-2H3/b16-11-,20-17?,21-18?. The highest BCUT2D eigenvalue weighted by atomic mass is 35.5. The van der Waals surface area contributed by atoms with Crippen molar-refractivity contribution in [1.29, 1.82) is 10.8 Å². The number of methoxy groups -OCH3 is 2. The van der Waals surface area contributed by atoms with E-state index in [1.54, 1.807) is 38.5 Å². The molecule has 0 radical (unpaired) electrons. The maximum atomic E-state index is 8.45. The minimum Gasteiger partial charge on any atom is -0.497 e. The number of benzene rings is 2. The van der Waals surface area contributed by atoms with Gasteiger partial charge in [-0.05, 0) is 48.0 Å². The molecular formula is C18H17ClN2O2. The van der Waals surface area contributed by atoms with E-state index < -0.39 is 0 Å². The first-order valence-electron chi connectivity index (χ1n) is 6.88. The SMILES string of the molecule is COc1ccc(C(=N)/C(=C\C(=N)Cl)c2ccc(OC)cc2)cc1. The van der Waals surface area contributed by atoms with Crippen LogP contribution in [0.1, 0.15) is 11.1 Å². The van der Waals surface area contributed by atoms with Gasteiger partial charge in [-0.15, -0.1) is 0 Å². The molecule has 0 bridgehead atoms. The lowest BCUT2D eigenvalue weighted by Gasteiger charge is -2.11. The summed E-state index contributed by atoms with van der Waals surface area (Å²) in [7, 11) is 3.19. The Morgan fingerprint density at radius 2 is 1.26 bits per heavy atom. The largest absolute Gasteiger partial charge is 0.497 e. The van der Waals surface area contributed by atoms with E-state index in [1.807, 2.05) is 24.3 Å². The third-order valence-corrected chi connectivity index (χ3v) is 3.43. The molecule has 0 aliphatic heterocycles. The fourth-order valence-electron chi connectivity index (χ4n) is 2.11. The van der Waals surface area contributed by atoms with Crippen molar-refractivity contribution in [3.8, 4) is 11.5 Å². The molecule has 0 saturated heterocycles. The van der Waals surface area contributed by atoms with E-state index in [1.165, 1.54) is 6.08 Å². The third-order valence-electron chi connectivity index (χ3n) is 3.32. The summed E-state index contributed by atoms with van der Waals surface area (Å²) in [5.41, 5.74) is 2.35. The van der Waals surface area contributed by atoms with Crippen LogP contribution in [0.2, 0.25) is 0 Å². The summed E-state index contributed by atoms with van der Waals surface area (Å²) in [6.45, 7) is 0. The summed E-state index contributed by atoms with van der Waals surface area (Å²) >= 11 is 5.73. The summed E-state index contributed by atoms with van der Waals surface area (Å²) < 4.78 is 10.3. The van der Waals surface area contributed by atoms with Crippen molar-refractivity contribution in [2.24, 2.45) is 0 Å². The first-order chi connectivity index (χ1) is 11.0. The maximum Gasteiger partial charge on any atom is 0.121 e. The van der Waals surface area contributed by atoms with Gasteiger partial charge in [0.15, 0.2) is 0 Å². The van der Waals surface area contributed by atoms with Gasteiger partial charge in [-0.2, -0.15) is 0 Å². The normalized spacial score (nSPS) is 11.0. The van der Waals surface area contributed by atoms with Crippen molar-refractivity contribution in [3.05, 3.63) is 65.7 Å². The van der Waals surface area contributed by atoms with Crippen LogP contribution < -0.4 is 9.47 Å². The zero-order valence-corrected chi connectivity index (χ0v) is 13.6. The van der Waals surface area contributed by atoms with Crippen LogP contribution in [-0.4, -0.2) is 25.1 Å². The number of halogens is 1. The van der Waals surface area contributed by atoms with E-state index >= 15 is 0 Å². The monoisotopic (exact) mass is 328 g/mol. The van der Waals surface area contributed by atoms with Gasteiger partial charge in [-0.1, -0.05) is 23.7 Å². The molecule has 118 valence electrons. The summed E-state index contributed by atoms with van der Waals surface area (Å²) in [5, 5.41) is 15.8. The first-order valence-corrected chi connectivity index (χ1v) is 7.26. The van der Waals surface area contributed by atoms with Crippen molar-refractivity contribution >= 4 is 28.1 Å². The van der Waals surface area contributed by atoms with Gasteiger partial charge in [0.1, 0.15) is 16.7 Å². The molecule has 0 aromatic heterocycles.